The van der Waals surface area contributed by atoms with Crippen LogP contribution in [-0.4, -0.2) is 41.7 Å². The summed E-state index contributed by atoms with van der Waals surface area (Å²) >= 11 is 0. The molecule has 1 atom stereocenters. The van der Waals surface area contributed by atoms with Crippen molar-refractivity contribution in [2.45, 2.75) is 32.7 Å². The molecular formula is C12H22N4O. The van der Waals surface area contributed by atoms with E-state index in [9.17, 15) is 0 Å². The van der Waals surface area contributed by atoms with Crippen LogP contribution in [-0.2, 0) is 13.0 Å². The molecule has 0 amide bonds. The van der Waals surface area contributed by atoms with Gasteiger partial charge in [-0.1, -0.05) is 12.1 Å². The Balaban J connectivity index is 1.86. The molecule has 2 heterocycles. The molecule has 5 heteroatoms. The molecule has 1 saturated heterocycles. The molecule has 0 saturated carbocycles. The van der Waals surface area contributed by atoms with Gasteiger partial charge in [0, 0.05) is 13.0 Å². The minimum absolute atomic E-state index is 0.673. The fourth-order valence-electron chi connectivity index (χ4n) is 2.46. The fraction of sp³-hybridized carbons (Fsp3) is 0.833. The third-order valence-corrected chi connectivity index (χ3v) is 3.36. The molecule has 0 aliphatic carbocycles. The van der Waals surface area contributed by atoms with E-state index < -0.39 is 0 Å². The molecule has 1 N–H and O–H groups in total. The number of likely N-dealkylation sites (tertiary alicyclic amines) is 1. The minimum atomic E-state index is 0.673. The quantitative estimate of drug-likeness (QED) is 0.831. The lowest BCUT2D eigenvalue weighted by molar-refractivity contribution is 0.174. The highest BCUT2D eigenvalue weighted by Gasteiger charge is 2.21. The van der Waals surface area contributed by atoms with Gasteiger partial charge in [-0.25, -0.2) is 0 Å². The van der Waals surface area contributed by atoms with Gasteiger partial charge in [0.1, 0.15) is 0 Å². The van der Waals surface area contributed by atoms with Crippen molar-refractivity contribution in [2.75, 3.05) is 26.7 Å². The average Bonchev–Trinajstić information content (AvgIpc) is 2.77. The van der Waals surface area contributed by atoms with E-state index in [0.717, 1.165) is 24.7 Å². The first-order valence-corrected chi connectivity index (χ1v) is 6.50. The fourth-order valence-corrected chi connectivity index (χ4v) is 2.46. The second-order valence-electron chi connectivity index (χ2n) is 4.74. The van der Waals surface area contributed by atoms with Crippen LogP contribution in [0.25, 0.3) is 0 Å². The number of aromatic nitrogens is 2. The number of rotatable bonds is 5. The highest BCUT2D eigenvalue weighted by Crippen LogP contribution is 2.19. The summed E-state index contributed by atoms with van der Waals surface area (Å²) in [4.78, 5) is 6.89. The number of hydrogen-bond acceptors (Lipinski definition) is 5. The van der Waals surface area contributed by atoms with Gasteiger partial charge < -0.3 is 14.7 Å². The Kier molecular flexibility index (Phi) is 4.50. The van der Waals surface area contributed by atoms with Crippen molar-refractivity contribution in [3.05, 3.63) is 11.7 Å². The van der Waals surface area contributed by atoms with Gasteiger partial charge in [-0.05, 0) is 38.9 Å². The molecular weight excluding hydrogens is 216 g/mol. The lowest BCUT2D eigenvalue weighted by atomic mass is 9.95. The Morgan fingerprint density at radius 1 is 1.53 bits per heavy atom. The van der Waals surface area contributed by atoms with E-state index in [0.29, 0.717) is 12.5 Å². The van der Waals surface area contributed by atoms with Crippen LogP contribution in [0.5, 0.6) is 0 Å². The third-order valence-electron chi connectivity index (χ3n) is 3.36. The van der Waals surface area contributed by atoms with Gasteiger partial charge in [0.15, 0.2) is 5.82 Å². The Morgan fingerprint density at radius 2 is 2.41 bits per heavy atom. The zero-order valence-corrected chi connectivity index (χ0v) is 10.8. The molecule has 0 spiro atoms. The maximum atomic E-state index is 5.27. The third kappa shape index (κ3) is 3.51. The molecule has 1 unspecified atom stereocenters. The lowest BCUT2D eigenvalue weighted by Crippen LogP contribution is -2.35. The molecule has 5 nitrogen and oxygen atoms in total. The normalized spacial score (nSPS) is 21.9. The van der Waals surface area contributed by atoms with E-state index in [2.05, 4.69) is 27.3 Å². The largest absolute Gasteiger partial charge is 0.339 e. The van der Waals surface area contributed by atoms with Crippen LogP contribution >= 0.6 is 0 Å². The first-order valence-electron chi connectivity index (χ1n) is 6.50. The zero-order valence-electron chi connectivity index (χ0n) is 10.8. The van der Waals surface area contributed by atoms with E-state index in [1.165, 1.54) is 25.9 Å². The second kappa shape index (κ2) is 6.12. The monoisotopic (exact) mass is 238 g/mol. The molecule has 1 aliphatic rings. The maximum Gasteiger partial charge on any atom is 0.227 e. The standard InChI is InChI=1S/C12H22N4O/c1-3-16-6-4-5-10(9-16)7-12-14-11(8-13-2)15-17-12/h10,13H,3-9H2,1-2H3. The van der Waals surface area contributed by atoms with Gasteiger partial charge in [0.25, 0.3) is 0 Å². The van der Waals surface area contributed by atoms with Crippen LogP contribution in [0, 0.1) is 5.92 Å². The molecule has 96 valence electrons. The van der Waals surface area contributed by atoms with Crippen molar-refractivity contribution < 1.29 is 4.52 Å². The SMILES string of the molecule is CCN1CCCC(Cc2nc(CNC)no2)C1. The van der Waals surface area contributed by atoms with Crippen molar-refractivity contribution in [2.24, 2.45) is 5.92 Å². The van der Waals surface area contributed by atoms with Crippen molar-refractivity contribution in [1.29, 1.82) is 0 Å². The number of nitrogens with zero attached hydrogens (tertiary/aromatic N) is 3. The summed E-state index contributed by atoms with van der Waals surface area (Å²) in [5, 5.41) is 6.97. The van der Waals surface area contributed by atoms with Crippen molar-refractivity contribution in [1.82, 2.24) is 20.4 Å². The van der Waals surface area contributed by atoms with E-state index in [-0.39, 0.29) is 0 Å². The number of nitrogens with one attached hydrogen (secondary N) is 1. The van der Waals surface area contributed by atoms with Gasteiger partial charge in [0.05, 0.1) is 6.54 Å². The molecule has 17 heavy (non-hydrogen) atoms. The van der Waals surface area contributed by atoms with Crippen LogP contribution in [0.3, 0.4) is 0 Å². The summed E-state index contributed by atoms with van der Waals surface area (Å²) in [6.45, 7) is 6.45. The Labute approximate surface area is 103 Å². The van der Waals surface area contributed by atoms with E-state index in [1.54, 1.807) is 0 Å². The van der Waals surface area contributed by atoms with Gasteiger partial charge in [-0.15, -0.1) is 0 Å². The first kappa shape index (κ1) is 12.5. The maximum absolute atomic E-state index is 5.27. The van der Waals surface area contributed by atoms with Gasteiger partial charge >= 0.3 is 0 Å². The van der Waals surface area contributed by atoms with E-state index in [1.807, 2.05) is 7.05 Å². The predicted octanol–water partition coefficient (Wildman–Crippen LogP) is 1.06. The average molecular weight is 238 g/mol. The van der Waals surface area contributed by atoms with Crippen molar-refractivity contribution >= 4 is 0 Å². The van der Waals surface area contributed by atoms with Crippen LogP contribution in [0.1, 0.15) is 31.5 Å². The van der Waals surface area contributed by atoms with Crippen LogP contribution in [0.2, 0.25) is 0 Å². The molecule has 0 bridgehead atoms. The van der Waals surface area contributed by atoms with Gasteiger partial charge in [-0.3, -0.25) is 0 Å². The molecule has 0 radical (unpaired) electrons. The summed E-state index contributed by atoms with van der Waals surface area (Å²) in [7, 11) is 1.89. The Morgan fingerprint density at radius 3 is 3.18 bits per heavy atom. The molecule has 1 aromatic heterocycles. The Hall–Kier alpha value is -0.940. The smallest absolute Gasteiger partial charge is 0.227 e. The van der Waals surface area contributed by atoms with Crippen molar-refractivity contribution in [3.8, 4) is 0 Å². The van der Waals surface area contributed by atoms with Gasteiger partial charge in [-0.2, -0.15) is 4.98 Å². The minimum Gasteiger partial charge on any atom is -0.339 e. The van der Waals surface area contributed by atoms with Crippen LogP contribution in [0.15, 0.2) is 4.52 Å². The summed E-state index contributed by atoms with van der Waals surface area (Å²) in [5.74, 6) is 2.22. The van der Waals surface area contributed by atoms with Crippen LogP contribution < -0.4 is 5.32 Å². The highest BCUT2D eigenvalue weighted by atomic mass is 16.5. The molecule has 0 aromatic carbocycles. The summed E-state index contributed by atoms with van der Waals surface area (Å²) in [6, 6.07) is 0. The topological polar surface area (TPSA) is 54.2 Å². The lowest BCUT2D eigenvalue weighted by Gasteiger charge is -2.30. The van der Waals surface area contributed by atoms with Crippen LogP contribution in [0.4, 0.5) is 0 Å². The molecule has 1 fully saturated rings. The summed E-state index contributed by atoms with van der Waals surface area (Å²) in [5.41, 5.74) is 0. The predicted molar refractivity (Wildman–Crippen MR) is 65.6 cm³/mol. The Bertz CT molecular complexity index is 339. The highest BCUT2D eigenvalue weighted by molar-refractivity contribution is 4.89. The first-order chi connectivity index (χ1) is 8.31. The molecule has 1 aromatic rings. The van der Waals surface area contributed by atoms with E-state index in [4.69, 9.17) is 4.52 Å². The molecule has 1 aliphatic heterocycles. The zero-order chi connectivity index (χ0) is 12.1. The number of piperidine rings is 1. The number of hydrogen-bond donors (Lipinski definition) is 1. The van der Waals surface area contributed by atoms with Crippen molar-refractivity contribution in [3.63, 3.8) is 0 Å². The summed E-state index contributed by atoms with van der Waals surface area (Å²) < 4.78 is 5.27. The molecule has 2 rings (SSSR count). The second-order valence-corrected chi connectivity index (χ2v) is 4.74. The van der Waals surface area contributed by atoms with Gasteiger partial charge in [0.2, 0.25) is 5.89 Å². The van der Waals surface area contributed by atoms with E-state index >= 15 is 0 Å². The summed E-state index contributed by atoms with van der Waals surface area (Å²) in [6.07, 6.45) is 3.49.